The second-order valence-corrected chi connectivity index (χ2v) is 14.7. The van der Waals surface area contributed by atoms with Gasteiger partial charge in [0.15, 0.2) is 11.5 Å². The Hall–Kier alpha value is -6.29. The number of alkyl halides is 8. The molecule has 2 aliphatic rings. The topological polar surface area (TPSA) is 151 Å². The van der Waals surface area contributed by atoms with Crippen LogP contribution >= 0.6 is 0 Å². The molecule has 0 N–H and O–H groups in total. The Kier molecular flexibility index (Phi) is 17.7. The molecule has 1 saturated carbocycles. The van der Waals surface area contributed by atoms with Crippen LogP contribution < -0.4 is 23.7 Å². The standard InChI is InChI=1S/C45H43F9O13/c1-3-35(55)62-20-8-6-5-7-19-60-28-12-9-26(10-13-28)27-11-14-29(31(46)25-27)41(57)65-34-16-15-30(39-40(34)67-45(53,54)66-39)42(58)64-33-18-17-32(37(43(47,48)49)38(33)44(50,51)52)61-23-21-59-22-24-63-36(56)4-2/h3-4,11,14-18,25-26,28H,1-2,5-10,12-13,19-24H2. The van der Waals surface area contributed by atoms with Crippen LogP contribution in [0.2, 0.25) is 0 Å². The second-order valence-electron chi connectivity index (χ2n) is 14.7. The summed E-state index contributed by atoms with van der Waals surface area (Å²) < 4.78 is 174. The fraction of sp³-hybridized carbons (Fsp3) is 0.422. The van der Waals surface area contributed by atoms with Crippen LogP contribution in [0.5, 0.6) is 28.7 Å². The molecule has 1 fully saturated rings. The molecule has 0 saturated heterocycles. The van der Waals surface area contributed by atoms with Crippen LogP contribution in [0.1, 0.15) is 94.7 Å². The lowest BCUT2D eigenvalue weighted by atomic mass is 9.82. The van der Waals surface area contributed by atoms with Gasteiger partial charge in [0.05, 0.1) is 31.5 Å². The van der Waals surface area contributed by atoms with Crippen molar-refractivity contribution in [1.82, 2.24) is 0 Å². The van der Waals surface area contributed by atoms with Crippen LogP contribution in [-0.2, 0) is 40.9 Å². The quantitative estimate of drug-likeness (QED) is 0.0309. The maximum Gasteiger partial charge on any atom is 0.586 e. The van der Waals surface area contributed by atoms with E-state index in [-0.39, 0.29) is 25.2 Å². The summed E-state index contributed by atoms with van der Waals surface area (Å²) in [5.74, 6) is -12.0. The van der Waals surface area contributed by atoms with Crippen molar-refractivity contribution in [3.63, 3.8) is 0 Å². The van der Waals surface area contributed by atoms with Crippen LogP contribution in [0.15, 0.2) is 67.8 Å². The predicted molar refractivity (Wildman–Crippen MR) is 213 cm³/mol. The summed E-state index contributed by atoms with van der Waals surface area (Å²) in [6.07, 6.45) is -8.17. The summed E-state index contributed by atoms with van der Waals surface area (Å²) in [5, 5.41) is 0. The van der Waals surface area contributed by atoms with E-state index in [9.17, 15) is 54.3 Å². The number of unbranched alkanes of at least 4 members (excludes halogenated alkanes) is 3. The van der Waals surface area contributed by atoms with Crippen molar-refractivity contribution in [2.45, 2.75) is 82.0 Å². The lowest BCUT2D eigenvalue weighted by Gasteiger charge is -2.29. The number of benzene rings is 3. The van der Waals surface area contributed by atoms with Crippen molar-refractivity contribution in [2.75, 3.05) is 39.6 Å². The van der Waals surface area contributed by atoms with Gasteiger partial charge in [-0.15, -0.1) is 8.78 Å². The summed E-state index contributed by atoms with van der Waals surface area (Å²) in [6, 6.07) is 5.75. The maximum absolute atomic E-state index is 15.4. The second kappa shape index (κ2) is 22.9. The molecule has 67 heavy (non-hydrogen) atoms. The van der Waals surface area contributed by atoms with Gasteiger partial charge in [0.1, 0.15) is 47.2 Å². The van der Waals surface area contributed by atoms with Gasteiger partial charge in [-0.1, -0.05) is 25.6 Å². The Morgan fingerprint density at radius 1 is 0.642 bits per heavy atom. The molecule has 22 heteroatoms. The zero-order valence-corrected chi connectivity index (χ0v) is 35.4. The smallest absolute Gasteiger partial charge is 0.491 e. The zero-order valence-electron chi connectivity index (χ0n) is 35.4. The highest BCUT2D eigenvalue weighted by atomic mass is 19.4. The number of hydrogen-bond donors (Lipinski definition) is 0. The summed E-state index contributed by atoms with van der Waals surface area (Å²) in [6.45, 7) is 5.68. The number of carbonyl (C=O) groups excluding carboxylic acids is 4. The summed E-state index contributed by atoms with van der Waals surface area (Å²) in [7, 11) is 0. The molecule has 0 atom stereocenters. The van der Waals surface area contributed by atoms with E-state index in [0.717, 1.165) is 50.0 Å². The molecule has 0 radical (unpaired) electrons. The summed E-state index contributed by atoms with van der Waals surface area (Å²) in [4.78, 5) is 48.5. The first-order valence-electron chi connectivity index (χ1n) is 20.6. The Morgan fingerprint density at radius 3 is 1.82 bits per heavy atom. The first-order chi connectivity index (χ1) is 31.7. The normalized spacial score (nSPS) is 16.4. The van der Waals surface area contributed by atoms with Gasteiger partial charge in [-0.25, -0.2) is 23.6 Å². The first-order valence-corrected chi connectivity index (χ1v) is 20.6. The number of ether oxygens (including phenoxy) is 9. The van der Waals surface area contributed by atoms with E-state index in [0.29, 0.717) is 68.7 Å². The molecular formula is C45H43F9O13. The molecular weight excluding hydrogens is 919 g/mol. The molecule has 0 amide bonds. The fourth-order valence-electron chi connectivity index (χ4n) is 7.01. The van der Waals surface area contributed by atoms with Gasteiger partial charge in [-0.2, -0.15) is 26.3 Å². The van der Waals surface area contributed by atoms with Crippen LogP contribution in [-0.4, -0.2) is 75.9 Å². The van der Waals surface area contributed by atoms with E-state index in [1.807, 2.05) is 0 Å². The van der Waals surface area contributed by atoms with Crippen molar-refractivity contribution in [3.8, 4) is 28.7 Å². The van der Waals surface area contributed by atoms with Crippen molar-refractivity contribution in [2.24, 2.45) is 0 Å². The lowest BCUT2D eigenvalue weighted by molar-refractivity contribution is -0.287. The molecule has 0 aromatic heterocycles. The van der Waals surface area contributed by atoms with E-state index in [1.165, 1.54) is 6.07 Å². The number of esters is 4. The molecule has 1 aliphatic carbocycles. The van der Waals surface area contributed by atoms with Gasteiger partial charge in [0.25, 0.3) is 0 Å². The Labute approximate surface area is 376 Å². The van der Waals surface area contributed by atoms with Gasteiger partial charge in [0.2, 0.25) is 5.75 Å². The van der Waals surface area contributed by atoms with Gasteiger partial charge >= 0.3 is 42.5 Å². The van der Waals surface area contributed by atoms with Crippen molar-refractivity contribution in [1.29, 1.82) is 0 Å². The Bertz CT molecular complexity index is 2270. The summed E-state index contributed by atoms with van der Waals surface area (Å²) >= 11 is 0. The SMILES string of the molecule is C=CC(=O)OCCCCCCOC1CCC(c2ccc(C(=O)Oc3ccc(C(=O)Oc4ccc(OCCOCCOC(=O)C=C)c(C(F)(F)F)c4C(F)(F)F)c4c3OC(F)(F)O4)c(F)c2)CC1. The Balaban J connectivity index is 1.23. The molecule has 364 valence electrons. The molecule has 5 rings (SSSR count). The molecule has 3 aromatic rings. The minimum absolute atomic E-state index is 0.0110. The first kappa shape index (κ1) is 51.7. The maximum atomic E-state index is 15.4. The third-order valence-corrected chi connectivity index (χ3v) is 10.1. The van der Waals surface area contributed by atoms with Crippen LogP contribution in [0, 0.1) is 5.82 Å². The van der Waals surface area contributed by atoms with E-state index in [4.69, 9.17) is 28.4 Å². The fourth-order valence-corrected chi connectivity index (χ4v) is 7.01. The third-order valence-electron chi connectivity index (χ3n) is 10.1. The zero-order chi connectivity index (χ0) is 48.9. The van der Waals surface area contributed by atoms with Gasteiger partial charge < -0.3 is 42.6 Å². The highest BCUT2D eigenvalue weighted by Gasteiger charge is 2.50. The average Bonchev–Trinajstić information content (AvgIpc) is 3.61. The number of fused-ring (bicyclic) bond motifs is 1. The van der Waals surface area contributed by atoms with Crippen LogP contribution in [0.25, 0.3) is 0 Å². The van der Waals surface area contributed by atoms with Crippen molar-refractivity contribution >= 4 is 23.9 Å². The van der Waals surface area contributed by atoms with E-state index >= 15 is 4.39 Å². The molecule has 0 bridgehead atoms. The average molecular weight is 963 g/mol. The van der Waals surface area contributed by atoms with Gasteiger partial charge in [0, 0.05) is 18.8 Å². The molecule has 0 spiro atoms. The van der Waals surface area contributed by atoms with Gasteiger partial charge in [-0.05, 0) is 92.8 Å². The highest BCUT2D eigenvalue weighted by Crippen LogP contribution is 2.52. The number of halogens is 9. The predicted octanol–water partition coefficient (Wildman–Crippen LogP) is 10.1. The lowest BCUT2D eigenvalue weighted by Crippen LogP contribution is -2.26. The third kappa shape index (κ3) is 14.4. The molecule has 1 heterocycles. The van der Waals surface area contributed by atoms with Gasteiger partial charge in [-0.3, -0.25) is 0 Å². The Morgan fingerprint density at radius 2 is 1.18 bits per heavy atom. The van der Waals surface area contributed by atoms with E-state index in [2.05, 4.69) is 27.4 Å². The molecule has 1 aliphatic heterocycles. The van der Waals surface area contributed by atoms with Crippen molar-refractivity contribution < 1.29 is 101 Å². The van der Waals surface area contributed by atoms with Crippen LogP contribution in [0.4, 0.5) is 39.5 Å². The van der Waals surface area contributed by atoms with E-state index < -0.39 is 113 Å². The van der Waals surface area contributed by atoms with Crippen molar-refractivity contribution in [3.05, 3.63) is 101 Å². The molecule has 3 aromatic carbocycles. The number of hydrogen-bond acceptors (Lipinski definition) is 13. The minimum atomic E-state index is -5.85. The largest absolute Gasteiger partial charge is 0.586 e. The summed E-state index contributed by atoms with van der Waals surface area (Å²) in [5.41, 5.74) is -6.06. The van der Waals surface area contributed by atoms with E-state index in [1.54, 1.807) is 0 Å². The molecule has 13 nitrogen and oxygen atoms in total. The number of carbonyl (C=O) groups is 4. The highest BCUT2D eigenvalue weighted by molar-refractivity contribution is 5.97. The molecule has 0 unspecified atom stereocenters. The number of rotatable bonds is 22. The minimum Gasteiger partial charge on any atom is -0.491 e. The van der Waals surface area contributed by atoms with Crippen LogP contribution in [0.3, 0.4) is 0 Å². The monoisotopic (exact) mass is 962 g/mol.